The lowest BCUT2D eigenvalue weighted by atomic mass is 9.78. The molecule has 24 heavy (non-hydrogen) atoms. The minimum Gasteiger partial charge on any atom is -0.378 e. The summed E-state index contributed by atoms with van der Waals surface area (Å²) < 4.78 is 17.7. The summed E-state index contributed by atoms with van der Waals surface area (Å²) >= 11 is 0. The molecule has 0 aromatic heterocycles. The molecule has 7 nitrogen and oxygen atoms in total. The molecule has 4 rings (SSSR count). The van der Waals surface area contributed by atoms with Crippen molar-refractivity contribution in [2.45, 2.75) is 62.9 Å². The molecule has 4 fully saturated rings. The highest BCUT2D eigenvalue weighted by molar-refractivity contribution is 5.01. The van der Waals surface area contributed by atoms with E-state index in [1.807, 2.05) is 0 Å². The molecule has 0 aromatic rings. The van der Waals surface area contributed by atoms with Crippen LogP contribution in [0.5, 0.6) is 0 Å². The summed E-state index contributed by atoms with van der Waals surface area (Å²) in [5, 5.41) is 2.31. The quantitative estimate of drug-likeness (QED) is 0.575. The van der Waals surface area contributed by atoms with Crippen molar-refractivity contribution in [2.24, 2.45) is 5.92 Å². The van der Waals surface area contributed by atoms with Crippen LogP contribution in [0.15, 0.2) is 0 Å². The minimum absolute atomic E-state index is 0.153. The monoisotopic (exact) mass is 340 g/mol. The van der Waals surface area contributed by atoms with Crippen LogP contribution in [0.2, 0.25) is 0 Å². The molecule has 0 aromatic carbocycles. The summed E-state index contributed by atoms with van der Waals surface area (Å²) in [5.41, 5.74) is 10.8. The summed E-state index contributed by atoms with van der Waals surface area (Å²) in [4.78, 5) is 0. The largest absolute Gasteiger partial charge is 0.378 e. The van der Waals surface area contributed by atoms with E-state index in [2.05, 4.69) is 28.2 Å². The molecule has 3 heterocycles. The molecule has 4 aliphatic rings. The molecule has 0 amide bonds. The van der Waals surface area contributed by atoms with Crippen molar-refractivity contribution in [1.29, 1.82) is 0 Å². The van der Waals surface area contributed by atoms with E-state index >= 15 is 0 Å². The van der Waals surface area contributed by atoms with Crippen molar-refractivity contribution in [3.63, 3.8) is 0 Å². The van der Waals surface area contributed by atoms with Crippen molar-refractivity contribution >= 4 is 0 Å². The van der Waals surface area contributed by atoms with Gasteiger partial charge in [0.15, 0.2) is 0 Å². The SMILES string of the molecule is C[C@H]1COCCOCCN2CCC(N2)C2NNC3CCC(CC32)O1. The summed E-state index contributed by atoms with van der Waals surface area (Å²) in [6.45, 7) is 6.86. The van der Waals surface area contributed by atoms with Crippen LogP contribution in [-0.2, 0) is 14.2 Å². The number of ether oxygens (including phenoxy) is 3. The van der Waals surface area contributed by atoms with Gasteiger partial charge in [-0.1, -0.05) is 0 Å². The van der Waals surface area contributed by atoms with E-state index < -0.39 is 0 Å². The van der Waals surface area contributed by atoms with Gasteiger partial charge in [-0.15, -0.1) is 0 Å². The van der Waals surface area contributed by atoms with Gasteiger partial charge in [0, 0.05) is 31.2 Å². The summed E-state index contributed by atoms with van der Waals surface area (Å²) in [6.07, 6.45) is 5.17. The van der Waals surface area contributed by atoms with E-state index in [0.29, 0.717) is 50.0 Å². The zero-order valence-electron chi connectivity index (χ0n) is 14.7. The molecule has 7 atom stereocenters. The second-order valence-electron chi connectivity index (χ2n) is 7.67. The van der Waals surface area contributed by atoms with Crippen LogP contribution < -0.4 is 16.3 Å². The van der Waals surface area contributed by atoms with E-state index in [9.17, 15) is 0 Å². The third kappa shape index (κ3) is 3.93. The fraction of sp³-hybridized carbons (Fsp3) is 1.00. The van der Waals surface area contributed by atoms with Crippen LogP contribution in [-0.4, -0.2) is 74.9 Å². The molecule has 3 saturated heterocycles. The van der Waals surface area contributed by atoms with E-state index in [1.54, 1.807) is 0 Å². The third-order valence-corrected chi connectivity index (χ3v) is 5.89. The average molecular weight is 340 g/mol. The maximum atomic E-state index is 6.27. The summed E-state index contributed by atoms with van der Waals surface area (Å²) in [5.74, 6) is 0.637. The first-order valence-electron chi connectivity index (χ1n) is 9.63. The highest BCUT2D eigenvalue weighted by atomic mass is 16.6. The predicted molar refractivity (Wildman–Crippen MR) is 90.3 cm³/mol. The van der Waals surface area contributed by atoms with E-state index in [0.717, 1.165) is 32.5 Å². The molecule has 4 bridgehead atoms. The molecular weight excluding hydrogens is 308 g/mol. The number of rotatable bonds is 0. The molecule has 7 heteroatoms. The Kier molecular flexibility index (Phi) is 5.68. The van der Waals surface area contributed by atoms with Gasteiger partial charge >= 0.3 is 0 Å². The summed E-state index contributed by atoms with van der Waals surface area (Å²) in [7, 11) is 0. The molecule has 6 unspecified atom stereocenters. The van der Waals surface area contributed by atoms with Gasteiger partial charge in [0.2, 0.25) is 0 Å². The predicted octanol–water partition coefficient (Wildman–Crippen LogP) is 0.0309. The fourth-order valence-corrected chi connectivity index (χ4v) is 4.68. The maximum absolute atomic E-state index is 6.27. The highest BCUT2D eigenvalue weighted by Gasteiger charge is 2.45. The van der Waals surface area contributed by atoms with Gasteiger partial charge in [0.1, 0.15) is 0 Å². The lowest BCUT2D eigenvalue weighted by molar-refractivity contribution is -0.0762. The van der Waals surface area contributed by atoms with Gasteiger partial charge in [-0.3, -0.25) is 16.3 Å². The standard InChI is InChI=1S/C17H32N4O3/c1-12-11-23-9-8-22-7-6-21-5-4-16(20-21)17-14-10-13(24-12)2-3-15(14)18-19-17/h12-20H,2-11H2,1H3/t12-,13?,14?,15?,16?,17?/m0/s1. The summed E-state index contributed by atoms with van der Waals surface area (Å²) in [6, 6.07) is 1.56. The molecule has 1 saturated carbocycles. The third-order valence-electron chi connectivity index (χ3n) is 5.89. The van der Waals surface area contributed by atoms with Gasteiger partial charge < -0.3 is 14.2 Å². The van der Waals surface area contributed by atoms with Gasteiger partial charge in [0.05, 0.1) is 38.6 Å². The maximum Gasteiger partial charge on any atom is 0.0784 e. The lowest BCUT2D eigenvalue weighted by Crippen LogP contribution is -2.50. The lowest BCUT2D eigenvalue weighted by Gasteiger charge is -2.36. The number of hydrogen-bond donors (Lipinski definition) is 3. The van der Waals surface area contributed by atoms with Crippen LogP contribution in [0.3, 0.4) is 0 Å². The fourth-order valence-electron chi connectivity index (χ4n) is 4.68. The number of fused-ring (bicyclic) bond motifs is 4. The average Bonchev–Trinajstić information content (AvgIpc) is 3.19. The Morgan fingerprint density at radius 1 is 0.917 bits per heavy atom. The number of hydrogen-bond acceptors (Lipinski definition) is 7. The van der Waals surface area contributed by atoms with E-state index in [1.165, 1.54) is 12.8 Å². The normalized spacial score (nSPS) is 47.6. The Bertz CT molecular complexity index is 413. The van der Waals surface area contributed by atoms with Crippen LogP contribution in [0.25, 0.3) is 0 Å². The van der Waals surface area contributed by atoms with Crippen molar-refractivity contribution < 1.29 is 14.2 Å². The molecular formula is C17H32N4O3. The Balaban J connectivity index is 1.42. The van der Waals surface area contributed by atoms with Gasteiger partial charge in [-0.05, 0) is 38.5 Å². The molecule has 1 aliphatic carbocycles. The van der Waals surface area contributed by atoms with Gasteiger partial charge in [-0.2, -0.15) is 0 Å². The first-order valence-corrected chi connectivity index (χ1v) is 9.63. The van der Waals surface area contributed by atoms with E-state index in [-0.39, 0.29) is 6.10 Å². The van der Waals surface area contributed by atoms with Crippen molar-refractivity contribution in [1.82, 2.24) is 21.3 Å². The van der Waals surface area contributed by atoms with Crippen molar-refractivity contribution in [3.8, 4) is 0 Å². The second kappa shape index (κ2) is 7.95. The van der Waals surface area contributed by atoms with Crippen molar-refractivity contribution in [3.05, 3.63) is 0 Å². The molecule has 138 valence electrons. The van der Waals surface area contributed by atoms with Gasteiger partial charge in [0.25, 0.3) is 0 Å². The Hall–Kier alpha value is -0.280. The molecule has 3 N–H and O–H groups in total. The Labute approximate surface area is 144 Å². The second-order valence-corrected chi connectivity index (χ2v) is 7.67. The molecule has 0 radical (unpaired) electrons. The number of nitrogens with zero attached hydrogens (tertiary/aromatic N) is 1. The van der Waals surface area contributed by atoms with E-state index in [4.69, 9.17) is 14.2 Å². The van der Waals surface area contributed by atoms with Crippen LogP contribution in [0.1, 0.15) is 32.6 Å². The van der Waals surface area contributed by atoms with Crippen LogP contribution >= 0.6 is 0 Å². The molecule has 3 aliphatic heterocycles. The number of hydrazine groups is 2. The number of nitrogens with one attached hydrogen (secondary N) is 3. The van der Waals surface area contributed by atoms with Gasteiger partial charge in [-0.25, -0.2) is 5.01 Å². The minimum atomic E-state index is 0.153. The van der Waals surface area contributed by atoms with Crippen LogP contribution in [0.4, 0.5) is 0 Å². The molecule has 0 spiro atoms. The zero-order valence-corrected chi connectivity index (χ0v) is 14.7. The van der Waals surface area contributed by atoms with Crippen LogP contribution in [0, 0.1) is 5.92 Å². The first kappa shape index (κ1) is 17.1. The zero-order chi connectivity index (χ0) is 16.4. The smallest absolute Gasteiger partial charge is 0.0784 e. The topological polar surface area (TPSA) is 67.0 Å². The Morgan fingerprint density at radius 3 is 2.79 bits per heavy atom. The first-order chi connectivity index (χ1) is 11.8. The highest BCUT2D eigenvalue weighted by Crippen LogP contribution is 2.34. The Morgan fingerprint density at radius 2 is 1.83 bits per heavy atom. The van der Waals surface area contributed by atoms with Crippen molar-refractivity contribution in [2.75, 3.05) is 39.5 Å².